The SMILES string of the molecule is COc1ccc(C(=O)N2CCC(C(=O)N3CCC(CN4CCC(n5cc(-c6cnc(N)c(C(=O)O[C@@H](C(=O)Nc7ccc(F)cc7)c7ccccc7)n6)cn5)CC4)CC3)CC2)cc1N1CCC(=O)NC1=O. The highest BCUT2D eigenvalue weighted by molar-refractivity contribution is 6.07. The Bertz CT molecular complexity index is 2770. The van der Waals surface area contributed by atoms with E-state index in [1.165, 1.54) is 42.5 Å². The molecule has 1 atom stereocenters. The monoisotopic (exact) mass is 969 g/mol. The maximum Gasteiger partial charge on any atom is 0.361 e. The van der Waals surface area contributed by atoms with Crippen molar-refractivity contribution in [3.8, 4) is 17.0 Å². The fraction of sp³-hybridized carbons (Fsp3) is 0.392. The number of hydrogen-bond acceptors (Lipinski definition) is 13. The zero-order chi connectivity index (χ0) is 49.6. The van der Waals surface area contributed by atoms with Crippen LogP contribution in [0.4, 0.5) is 26.4 Å². The second-order valence-electron chi connectivity index (χ2n) is 18.4. The number of anilines is 3. The molecule has 71 heavy (non-hydrogen) atoms. The van der Waals surface area contributed by atoms with Crippen LogP contribution >= 0.6 is 0 Å². The van der Waals surface area contributed by atoms with E-state index in [1.807, 2.05) is 15.8 Å². The topological polar surface area (TPSA) is 228 Å². The summed E-state index contributed by atoms with van der Waals surface area (Å²) in [4.78, 5) is 95.0. The summed E-state index contributed by atoms with van der Waals surface area (Å²) in [6.45, 7) is 5.29. The number of benzene rings is 3. The van der Waals surface area contributed by atoms with Gasteiger partial charge < -0.3 is 35.2 Å². The number of methoxy groups -OCH3 is 1. The van der Waals surface area contributed by atoms with E-state index in [1.54, 1.807) is 59.6 Å². The standard InChI is InChI=1S/C51H56FN11O8/c1-70-42-12-7-35(27-41(42)62-26-19-43(64)58-51(62)69)49(67)61-24-15-34(16-25-61)48(66)60-22-13-32(14-23-60)30-59-20-17-39(18-21-59)63-31-36(28-55-63)40-29-54-46(53)44(57-40)50(68)71-45(33-5-3-2-4-6-33)47(65)56-38-10-8-37(52)9-11-38/h2-12,27-29,31-32,34,39,45H,13-26,30H2,1H3,(H2,53,54)(H,56,65)(H,58,64,69)/t45-/m1/s1. The van der Waals surface area contributed by atoms with Gasteiger partial charge in [0.2, 0.25) is 17.9 Å². The van der Waals surface area contributed by atoms with Gasteiger partial charge in [-0.15, -0.1) is 0 Å². The summed E-state index contributed by atoms with van der Waals surface area (Å²) in [7, 11) is 1.49. The van der Waals surface area contributed by atoms with Crippen LogP contribution < -0.4 is 26.0 Å². The Labute approximate surface area is 409 Å². The number of aromatic nitrogens is 4. The van der Waals surface area contributed by atoms with Crippen LogP contribution in [-0.4, -0.2) is 130 Å². The molecule has 0 unspecified atom stereocenters. The van der Waals surface area contributed by atoms with Gasteiger partial charge in [-0.05, 0) is 86.9 Å². The second kappa shape index (κ2) is 21.5. The van der Waals surface area contributed by atoms with Crippen LogP contribution in [-0.2, 0) is 19.1 Å². The molecule has 4 aliphatic rings. The molecule has 4 fully saturated rings. The average molecular weight is 970 g/mol. The molecule has 0 radical (unpaired) electrons. The Kier molecular flexibility index (Phi) is 14.6. The van der Waals surface area contributed by atoms with Crippen molar-refractivity contribution in [2.24, 2.45) is 11.8 Å². The van der Waals surface area contributed by atoms with E-state index >= 15 is 0 Å². The number of halogens is 1. The van der Waals surface area contributed by atoms with Crippen LogP contribution in [0, 0.1) is 17.7 Å². The normalized spacial score (nSPS) is 17.9. The van der Waals surface area contributed by atoms with Crippen molar-refractivity contribution in [3.63, 3.8) is 0 Å². The van der Waals surface area contributed by atoms with Gasteiger partial charge in [0.15, 0.2) is 11.5 Å². The Hall–Kier alpha value is -7.74. The molecule has 3 aromatic carbocycles. The number of carbonyl (C=O) groups excluding carboxylic acids is 6. The number of nitrogens with two attached hydrogens (primary N) is 1. The quantitative estimate of drug-likeness (QED) is 0.124. The van der Waals surface area contributed by atoms with Crippen LogP contribution in [0.5, 0.6) is 5.75 Å². The molecule has 5 aromatic rings. The Morgan fingerprint density at radius 1 is 0.859 bits per heavy atom. The van der Waals surface area contributed by atoms with Crippen molar-refractivity contribution in [3.05, 3.63) is 114 Å². The molecule has 6 heterocycles. The minimum atomic E-state index is -1.37. The molecule has 0 aliphatic carbocycles. The lowest BCUT2D eigenvalue weighted by molar-refractivity contribution is -0.138. The Balaban J connectivity index is 0.725. The maximum absolute atomic E-state index is 13.7. The number of nitrogen functional groups attached to an aromatic ring is 1. The third-order valence-electron chi connectivity index (χ3n) is 13.8. The van der Waals surface area contributed by atoms with E-state index in [0.29, 0.717) is 84.4 Å². The van der Waals surface area contributed by atoms with Crippen LogP contribution in [0.15, 0.2) is 91.4 Å². The molecular weight excluding hydrogens is 914 g/mol. The van der Waals surface area contributed by atoms with Gasteiger partial charge in [0.05, 0.1) is 36.9 Å². The molecular formula is C51H56FN11O8. The summed E-state index contributed by atoms with van der Waals surface area (Å²) in [5, 5.41) is 9.63. The number of carbonyl (C=O) groups is 6. The lowest BCUT2D eigenvalue weighted by Gasteiger charge is -2.39. The van der Waals surface area contributed by atoms with Crippen LogP contribution in [0.25, 0.3) is 11.3 Å². The highest BCUT2D eigenvalue weighted by Crippen LogP contribution is 2.33. The van der Waals surface area contributed by atoms with Crippen molar-refractivity contribution in [1.82, 2.24) is 39.8 Å². The molecule has 9 rings (SSSR count). The van der Waals surface area contributed by atoms with E-state index in [9.17, 15) is 33.2 Å². The van der Waals surface area contributed by atoms with Crippen molar-refractivity contribution in [1.29, 1.82) is 0 Å². The molecule has 370 valence electrons. The third kappa shape index (κ3) is 11.2. The molecule has 20 heteroatoms. The number of esters is 1. The average Bonchev–Trinajstić information content (AvgIpc) is 3.89. The van der Waals surface area contributed by atoms with Gasteiger partial charge in [0.1, 0.15) is 11.6 Å². The smallest absolute Gasteiger partial charge is 0.361 e. The molecule has 19 nitrogen and oxygen atoms in total. The first-order chi connectivity index (χ1) is 34.4. The van der Waals surface area contributed by atoms with Crippen molar-refractivity contribution in [2.45, 2.75) is 57.1 Å². The Morgan fingerprint density at radius 2 is 1.58 bits per heavy atom. The third-order valence-corrected chi connectivity index (χ3v) is 13.8. The molecule has 2 aromatic heterocycles. The van der Waals surface area contributed by atoms with Gasteiger partial charge in [-0.25, -0.2) is 23.9 Å². The second-order valence-corrected chi connectivity index (χ2v) is 18.4. The fourth-order valence-corrected chi connectivity index (χ4v) is 9.83. The lowest BCUT2D eigenvalue weighted by Crippen LogP contribution is -2.49. The summed E-state index contributed by atoms with van der Waals surface area (Å²) in [6, 6.07) is 18.3. The summed E-state index contributed by atoms with van der Waals surface area (Å²) < 4.78 is 26.6. The van der Waals surface area contributed by atoms with Gasteiger partial charge in [-0.2, -0.15) is 5.10 Å². The maximum atomic E-state index is 13.7. The highest BCUT2D eigenvalue weighted by Gasteiger charge is 2.35. The first-order valence-electron chi connectivity index (χ1n) is 24.0. The van der Waals surface area contributed by atoms with Crippen molar-refractivity contribution < 1.29 is 42.6 Å². The summed E-state index contributed by atoms with van der Waals surface area (Å²) in [5.74, 6) is -1.83. The zero-order valence-corrected chi connectivity index (χ0v) is 39.4. The first-order valence-corrected chi connectivity index (χ1v) is 24.0. The number of amides is 6. The number of imide groups is 1. The Morgan fingerprint density at radius 3 is 2.28 bits per heavy atom. The number of nitrogens with one attached hydrogen (secondary N) is 2. The van der Waals surface area contributed by atoms with Crippen LogP contribution in [0.3, 0.4) is 0 Å². The number of nitrogens with zero attached hydrogens (tertiary/aromatic N) is 8. The first kappa shape index (κ1) is 48.3. The van der Waals surface area contributed by atoms with Gasteiger partial charge in [-0.1, -0.05) is 30.3 Å². The van der Waals surface area contributed by atoms with E-state index in [-0.39, 0.29) is 54.2 Å². The number of piperidine rings is 3. The fourth-order valence-electron chi connectivity index (χ4n) is 9.83. The number of urea groups is 1. The number of ether oxygens (including phenoxy) is 2. The van der Waals surface area contributed by atoms with Crippen LogP contribution in [0.2, 0.25) is 0 Å². The lowest BCUT2D eigenvalue weighted by atomic mass is 9.91. The minimum absolute atomic E-state index is 0.141. The van der Waals surface area contributed by atoms with E-state index in [4.69, 9.17) is 15.2 Å². The molecule has 0 saturated carbocycles. The largest absolute Gasteiger partial charge is 0.495 e. The molecule has 4 N–H and O–H groups in total. The number of hydrogen-bond donors (Lipinski definition) is 3. The van der Waals surface area contributed by atoms with E-state index in [2.05, 4.69) is 30.6 Å². The van der Waals surface area contributed by atoms with E-state index in [0.717, 1.165) is 45.3 Å². The minimum Gasteiger partial charge on any atom is -0.495 e. The predicted molar refractivity (Wildman–Crippen MR) is 258 cm³/mol. The summed E-state index contributed by atoms with van der Waals surface area (Å²) in [6.07, 6.45) is 8.61. The molecule has 6 amide bonds. The van der Waals surface area contributed by atoms with Crippen LogP contribution in [0.1, 0.15) is 83.5 Å². The summed E-state index contributed by atoms with van der Waals surface area (Å²) >= 11 is 0. The summed E-state index contributed by atoms with van der Waals surface area (Å²) in [5.41, 5.74) is 8.43. The van der Waals surface area contributed by atoms with Crippen molar-refractivity contribution >= 4 is 52.8 Å². The van der Waals surface area contributed by atoms with Crippen molar-refractivity contribution in [2.75, 3.05) is 75.4 Å². The van der Waals surface area contributed by atoms with Gasteiger partial charge >= 0.3 is 12.0 Å². The molecule has 4 aliphatic heterocycles. The molecule has 0 spiro atoms. The number of rotatable bonds is 13. The predicted octanol–water partition coefficient (Wildman–Crippen LogP) is 5.48. The molecule has 0 bridgehead atoms. The highest BCUT2D eigenvalue weighted by atomic mass is 19.1. The van der Waals surface area contributed by atoms with Gasteiger partial charge in [0, 0.05) is 93.3 Å². The number of likely N-dealkylation sites (tertiary alicyclic amines) is 3. The van der Waals surface area contributed by atoms with Gasteiger partial charge in [0.25, 0.3) is 11.8 Å². The van der Waals surface area contributed by atoms with Gasteiger partial charge in [-0.3, -0.25) is 34.1 Å². The molecule has 4 saturated heterocycles. The van der Waals surface area contributed by atoms with E-state index < -0.39 is 29.8 Å². The zero-order valence-electron chi connectivity index (χ0n) is 39.4.